The van der Waals surface area contributed by atoms with E-state index in [9.17, 15) is 4.79 Å². The van der Waals surface area contributed by atoms with Crippen LogP contribution in [0.3, 0.4) is 0 Å². The molecule has 0 aliphatic rings. The van der Waals surface area contributed by atoms with Gasteiger partial charge in [-0.25, -0.2) is 5.43 Å². The highest BCUT2D eigenvalue weighted by Crippen LogP contribution is 2.10. The van der Waals surface area contributed by atoms with Crippen LogP contribution < -0.4 is 10.3 Å². The van der Waals surface area contributed by atoms with Crippen molar-refractivity contribution in [2.24, 2.45) is 5.10 Å². The van der Waals surface area contributed by atoms with Gasteiger partial charge in [0.25, 0.3) is 0 Å². The molecule has 104 valence electrons. The van der Waals surface area contributed by atoms with Crippen molar-refractivity contribution >= 4 is 17.8 Å². The molecule has 0 bridgehead atoms. The molecule has 0 fully saturated rings. The Hall–Kier alpha value is -1.84. The Morgan fingerprint density at radius 2 is 1.95 bits per heavy atom. The Morgan fingerprint density at radius 1 is 1.26 bits per heavy atom. The van der Waals surface area contributed by atoms with Gasteiger partial charge in [-0.2, -0.15) is 5.10 Å². The van der Waals surface area contributed by atoms with Gasteiger partial charge >= 0.3 is 0 Å². The van der Waals surface area contributed by atoms with E-state index in [0.29, 0.717) is 6.42 Å². The lowest BCUT2D eigenvalue weighted by atomic mass is 10.2. The van der Waals surface area contributed by atoms with Crippen LogP contribution >= 0.6 is 0 Å². The quantitative estimate of drug-likeness (QED) is 0.466. The summed E-state index contributed by atoms with van der Waals surface area (Å²) >= 11 is 0. The van der Waals surface area contributed by atoms with Crippen molar-refractivity contribution in [3.63, 3.8) is 0 Å². The lowest BCUT2D eigenvalue weighted by Crippen LogP contribution is -2.16. The molecule has 0 aromatic heterocycles. The van der Waals surface area contributed by atoms with E-state index in [1.807, 2.05) is 43.3 Å². The fraction of sp³-hybridized carbons (Fsp3) is 0.467. The number of hydrogen-bond donors (Lipinski definition) is 1. The molecule has 0 saturated carbocycles. The van der Waals surface area contributed by atoms with E-state index in [4.69, 9.17) is 0 Å². The number of hydrogen-bond acceptors (Lipinski definition) is 3. The molecule has 0 aliphatic carbocycles. The first-order valence-electron chi connectivity index (χ1n) is 6.72. The second kappa shape index (κ2) is 8.29. The summed E-state index contributed by atoms with van der Waals surface area (Å²) < 4.78 is 0. The van der Waals surface area contributed by atoms with Crippen molar-refractivity contribution in [3.05, 3.63) is 29.8 Å². The Morgan fingerprint density at radius 3 is 2.53 bits per heavy atom. The molecule has 19 heavy (non-hydrogen) atoms. The minimum absolute atomic E-state index is 0.0189. The van der Waals surface area contributed by atoms with Crippen molar-refractivity contribution < 1.29 is 4.79 Å². The molecule has 4 nitrogen and oxygen atoms in total. The third-order valence-electron chi connectivity index (χ3n) is 2.82. The second-order valence-corrected chi connectivity index (χ2v) is 4.74. The average Bonchev–Trinajstić information content (AvgIpc) is 2.39. The predicted octanol–water partition coefficient (Wildman–Crippen LogP) is 2.78. The van der Waals surface area contributed by atoms with E-state index < -0.39 is 0 Å². The van der Waals surface area contributed by atoms with Crippen LogP contribution in [0.5, 0.6) is 0 Å². The molecule has 0 radical (unpaired) electrons. The summed E-state index contributed by atoms with van der Waals surface area (Å²) in [6.45, 7) is 2.12. The maximum atomic E-state index is 11.4. The topological polar surface area (TPSA) is 44.7 Å². The van der Waals surface area contributed by atoms with Crippen molar-refractivity contribution in [1.29, 1.82) is 0 Å². The van der Waals surface area contributed by atoms with Gasteiger partial charge < -0.3 is 4.90 Å². The Bertz CT molecular complexity index is 410. The number of rotatable bonds is 7. The molecule has 1 aromatic carbocycles. The molecule has 1 rings (SSSR count). The van der Waals surface area contributed by atoms with Crippen molar-refractivity contribution in [2.75, 3.05) is 19.0 Å². The Kier molecular flexibility index (Phi) is 6.64. The number of anilines is 1. The molecular formula is C15H23N3O. The molecule has 1 amide bonds. The predicted molar refractivity (Wildman–Crippen MR) is 80.6 cm³/mol. The van der Waals surface area contributed by atoms with Gasteiger partial charge in [0.1, 0.15) is 0 Å². The molecule has 1 aromatic rings. The SMILES string of the molecule is CCCCCC(=O)NN=Cc1ccc(N(C)C)cc1. The zero-order valence-electron chi connectivity index (χ0n) is 12.0. The minimum atomic E-state index is -0.0189. The first-order valence-corrected chi connectivity index (χ1v) is 6.72. The summed E-state index contributed by atoms with van der Waals surface area (Å²) in [5, 5.41) is 3.96. The van der Waals surface area contributed by atoms with Crippen LogP contribution in [-0.2, 0) is 4.79 Å². The lowest BCUT2D eigenvalue weighted by Gasteiger charge is -2.11. The van der Waals surface area contributed by atoms with Crippen LogP contribution in [0.15, 0.2) is 29.4 Å². The van der Waals surface area contributed by atoms with E-state index in [2.05, 4.69) is 17.5 Å². The smallest absolute Gasteiger partial charge is 0.240 e. The van der Waals surface area contributed by atoms with Gasteiger partial charge in [-0.05, 0) is 24.1 Å². The normalized spacial score (nSPS) is 10.7. The van der Waals surface area contributed by atoms with Crippen LogP contribution in [0.1, 0.15) is 38.2 Å². The van der Waals surface area contributed by atoms with Gasteiger partial charge in [0.15, 0.2) is 0 Å². The van der Waals surface area contributed by atoms with E-state index >= 15 is 0 Å². The fourth-order valence-corrected chi connectivity index (χ4v) is 1.63. The van der Waals surface area contributed by atoms with Crippen molar-refractivity contribution in [1.82, 2.24) is 5.43 Å². The van der Waals surface area contributed by atoms with Gasteiger partial charge in [-0.15, -0.1) is 0 Å². The maximum absolute atomic E-state index is 11.4. The van der Waals surface area contributed by atoms with Crippen LogP contribution in [0, 0.1) is 0 Å². The van der Waals surface area contributed by atoms with Crippen LogP contribution in [-0.4, -0.2) is 26.2 Å². The number of hydrazone groups is 1. The van der Waals surface area contributed by atoms with Gasteiger partial charge in [0.05, 0.1) is 6.21 Å². The van der Waals surface area contributed by atoms with Crippen molar-refractivity contribution in [3.8, 4) is 0 Å². The van der Waals surface area contributed by atoms with Crippen LogP contribution in [0.25, 0.3) is 0 Å². The third kappa shape index (κ3) is 6.04. The molecule has 0 saturated heterocycles. The number of amides is 1. The summed E-state index contributed by atoms with van der Waals surface area (Å²) in [6, 6.07) is 7.99. The van der Waals surface area contributed by atoms with Crippen molar-refractivity contribution in [2.45, 2.75) is 32.6 Å². The van der Waals surface area contributed by atoms with Gasteiger partial charge in [-0.3, -0.25) is 4.79 Å². The molecule has 1 N–H and O–H groups in total. The van der Waals surface area contributed by atoms with E-state index in [1.54, 1.807) is 6.21 Å². The minimum Gasteiger partial charge on any atom is -0.378 e. The summed E-state index contributed by atoms with van der Waals surface area (Å²) in [6.07, 6.45) is 5.34. The standard InChI is InChI=1S/C15H23N3O/c1-4-5-6-7-15(19)17-16-12-13-8-10-14(11-9-13)18(2)3/h8-12H,4-7H2,1-3H3,(H,17,19). The molecular weight excluding hydrogens is 238 g/mol. The molecule has 0 atom stereocenters. The highest BCUT2D eigenvalue weighted by molar-refractivity contribution is 5.82. The number of nitrogens with one attached hydrogen (secondary N) is 1. The zero-order valence-corrected chi connectivity index (χ0v) is 12.0. The molecule has 0 unspecified atom stereocenters. The average molecular weight is 261 g/mol. The number of unbranched alkanes of at least 4 members (excludes halogenated alkanes) is 2. The highest BCUT2D eigenvalue weighted by Gasteiger charge is 1.98. The summed E-state index contributed by atoms with van der Waals surface area (Å²) in [5.41, 5.74) is 4.66. The fourth-order valence-electron chi connectivity index (χ4n) is 1.63. The first-order chi connectivity index (χ1) is 9.13. The number of carbonyl (C=O) groups is 1. The highest BCUT2D eigenvalue weighted by atomic mass is 16.2. The molecule has 4 heteroatoms. The lowest BCUT2D eigenvalue weighted by molar-refractivity contribution is -0.121. The molecule has 0 aliphatic heterocycles. The summed E-state index contributed by atoms with van der Waals surface area (Å²) in [4.78, 5) is 13.5. The van der Waals surface area contributed by atoms with Gasteiger partial charge in [0, 0.05) is 26.2 Å². The summed E-state index contributed by atoms with van der Waals surface area (Å²) in [5.74, 6) is -0.0189. The van der Waals surface area contributed by atoms with E-state index in [-0.39, 0.29) is 5.91 Å². The molecule has 0 spiro atoms. The van der Waals surface area contributed by atoms with Gasteiger partial charge in [-0.1, -0.05) is 31.9 Å². The Balaban J connectivity index is 2.37. The second-order valence-electron chi connectivity index (χ2n) is 4.74. The monoisotopic (exact) mass is 261 g/mol. The van der Waals surface area contributed by atoms with Crippen LogP contribution in [0.2, 0.25) is 0 Å². The zero-order chi connectivity index (χ0) is 14.1. The number of benzene rings is 1. The van der Waals surface area contributed by atoms with E-state index in [1.165, 1.54) is 0 Å². The Labute approximate surface area is 115 Å². The first kappa shape index (κ1) is 15.2. The van der Waals surface area contributed by atoms with E-state index in [0.717, 1.165) is 30.5 Å². The number of carbonyl (C=O) groups excluding carboxylic acids is 1. The number of nitrogens with zero attached hydrogens (tertiary/aromatic N) is 2. The summed E-state index contributed by atoms with van der Waals surface area (Å²) in [7, 11) is 4.00. The van der Waals surface area contributed by atoms with Gasteiger partial charge in [0.2, 0.25) is 5.91 Å². The maximum Gasteiger partial charge on any atom is 0.240 e. The van der Waals surface area contributed by atoms with Crippen LogP contribution in [0.4, 0.5) is 5.69 Å². The molecule has 0 heterocycles. The largest absolute Gasteiger partial charge is 0.378 e. The third-order valence-corrected chi connectivity index (χ3v) is 2.82.